The average molecular weight is 314 g/mol. The molecule has 0 bridgehead atoms. The first-order valence-corrected chi connectivity index (χ1v) is 6.73. The van der Waals surface area contributed by atoms with Crippen LogP contribution in [-0.2, 0) is 9.53 Å². The minimum atomic E-state index is -0.889. The molecule has 1 aromatic carbocycles. The average Bonchev–Trinajstić information content (AvgIpc) is 2.53. The van der Waals surface area contributed by atoms with Gasteiger partial charge < -0.3 is 15.0 Å². The third-order valence-electron chi connectivity index (χ3n) is 2.93. The lowest BCUT2D eigenvalue weighted by atomic mass is 10.1. The second-order valence-electron chi connectivity index (χ2n) is 4.67. The van der Waals surface area contributed by atoms with E-state index in [4.69, 9.17) is 4.74 Å². The molecule has 2 N–H and O–H groups in total. The molecule has 0 unspecified atom stereocenters. The molecule has 0 saturated carbocycles. The molecular formula is C16H14N2O5. The number of esters is 1. The van der Waals surface area contributed by atoms with Crippen LogP contribution in [0, 0.1) is 0 Å². The van der Waals surface area contributed by atoms with Gasteiger partial charge in [-0.25, -0.2) is 4.79 Å². The highest BCUT2D eigenvalue weighted by Gasteiger charge is 2.13. The molecule has 0 aliphatic rings. The van der Waals surface area contributed by atoms with Gasteiger partial charge >= 0.3 is 5.97 Å². The first-order chi connectivity index (χ1) is 11.0. The number of carbonyl (C=O) groups is 3. The minimum Gasteiger partial charge on any atom is -0.452 e. The molecule has 0 saturated heterocycles. The molecule has 0 fully saturated rings. The molecule has 1 heterocycles. The van der Waals surface area contributed by atoms with E-state index in [1.807, 2.05) is 0 Å². The minimum absolute atomic E-state index is 0.129. The zero-order valence-corrected chi connectivity index (χ0v) is 12.3. The fourth-order valence-electron chi connectivity index (χ4n) is 1.80. The molecule has 0 spiro atoms. The standard InChI is InChI=1S/C16H14N2O5/c1-10(19)11-4-2-5-12(8-11)18-14(20)9-23-16(22)13-6-3-7-17-15(13)21/h2-8H,9H2,1H3,(H,17,21)(H,18,20). The molecule has 0 aliphatic carbocycles. The molecule has 0 aliphatic heterocycles. The van der Waals surface area contributed by atoms with Crippen LogP contribution in [0.4, 0.5) is 5.69 Å². The molecule has 23 heavy (non-hydrogen) atoms. The number of ketones is 1. The Labute approximate surface area is 131 Å². The van der Waals surface area contributed by atoms with Crippen LogP contribution >= 0.6 is 0 Å². The van der Waals surface area contributed by atoms with Crippen molar-refractivity contribution in [1.29, 1.82) is 0 Å². The van der Waals surface area contributed by atoms with Gasteiger partial charge in [-0.3, -0.25) is 14.4 Å². The molecule has 7 nitrogen and oxygen atoms in total. The van der Waals surface area contributed by atoms with Crippen LogP contribution in [0.1, 0.15) is 27.6 Å². The normalized spacial score (nSPS) is 9.96. The van der Waals surface area contributed by atoms with Gasteiger partial charge in [0, 0.05) is 17.4 Å². The number of ether oxygens (including phenoxy) is 1. The van der Waals surface area contributed by atoms with Crippen LogP contribution in [0.3, 0.4) is 0 Å². The van der Waals surface area contributed by atoms with E-state index in [1.165, 1.54) is 31.3 Å². The fraction of sp³-hybridized carbons (Fsp3) is 0.125. The summed E-state index contributed by atoms with van der Waals surface area (Å²) in [5, 5.41) is 2.50. The van der Waals surface area contributed by atoms with E-state index in [1.54, 1.807) is 18.2 Å². The van der Waals surface area contributed by atoms with Crippen LogP contribution < -0.4 is 10.9 Å². The Morgan fingerprint density at radius 3 is 2.65 bits per heavy atom. The first kappa shape index (κ1) is 16.2. The van der Waals surface area contributed by atoms with Crippen molar-refractivity contribution < 1.29 is 19.1 Å². The van der Waals surface area contributed by atoms with E-state index in [0.717, 1.165) is 0 Å². The van der Waals surface area contributed by atoms with E-state index in [-0.39, 0.29) is 11.3 Å². The number of H-pyrrole nitrogens is 1. The highest BCUT2D eigenvalue weighted by atomic mass is 16.5. The number of amides is 1. The number of aromatic nitrogens is 1. The second kappa shape index (κ2) is 7.17. The molecule has 2 aromatic rings. The van der Waals surface area contributed by atoms with Gasteiger partial charge in [0.2, 0.25) is 0 Å². The van der Waals surface area contributed by atoms with Crippen molar-refractivity contribution in [3.05, 3.63) is 64.1 Å². The third-order valence-corrected chi connectivity index (χ3v) is 2.93. The topological polar surface area (TPSA) is 105 Å². The quantitative estimate of drug-likeness (QED) is 0.640. The van der Waals surface area contributed by atoms with Crippen molar-refractivity contribution in [1.82, 2.24) is 4.98 Å². The van der Waals surface area contributed by atoms with Gasteiger partial charge in [-0.2, -0.15) is 0 Å². The zero-order valence-electron chi connectivity index (χ0n) is 12.3. The molecule has 7 heteroatoms. The maximum absolute atomic E-state index is 11.8. The number of aromatic amines is 1. The summed E-state index contributed by atoms with van der Waals surface area (Å²) in [6.45, 7) is 0.873. The van der Waals surface area contributed by atoms with E-state index < -0.39 is 24.0 Å². The van der Waals surface area contributed by atoms with E-state index >= 15 is 0 Å². The van der Waals surface area contributed by atoms with Crippen molar-refractivity contribution >= 4 is 23.3 Å². The number of carbonyl (C=O) groups excluding carboxylic acids is 3. The summed E-state index contributed by atoms with van der Waals surface area (Å²) in [5.74, 6) is -1.60. The molecule has 118 valence electrons. The number of Topliss-reactive ketones (excluding diaryl/α,β-unsaturated/α-hetero) is 1. The Bertz CT molecular complexity index is 810. The Morgan fingerprint density at radius 2 is 1.96 bits per heavy atom. The number of rotatable bonds is 5. The molecular weight excluding hydrogens is 300 g/mol. The van der Waals surface area contributed by atoms with Crippen molar-refractivity contribution in [3.8, 4) is 0 Å². The zero-order chi connectivity index (χ0) is 16.8. The number of anilines is 1. The number of hydrogen-bond acceptors (Lipinski definition) is 5. The van der Waals surface area contributed by atoms with Gasteiger partial charge in [-0.1, -0.05) is 12.1 Å². The predicted octanol–water partition coefficient (Wildman–Crippen LogP) is 1.37. The molecule has 2 rings (SSSR count). The van der Waals surface area contributed by atoms with Crippen LogP contribution in [0.25, 0.3) is 0 Å². The fourth-order valence-corrected chi connectivity index (χ4v) is 1.80. The summed E-state index contributed by atoms with van der Waals surface area (Å²) < 4.78 is 4.78. The summed E-state index contributed by atoms with van der Waals surface area (Å²) in [5.41, 5.74) is 0.0952. The lowest BCUT2D eigenvalue weighted by molar-refractivity contribution is -0.119. The van der Waals surface area contributed by atoms with E-state index in [9.17, 15) is 19.2 Å². The lowest BCUT2D eigenvalue weighted by Gasteiger charge is -2.07. The van der Waals surface area contributed by atoms with Gasteiger partial charge in [-0.15, -0.1) is 0 Å². The van der Waals surface area contributed by atoms with Crippen molar-refractivity contribution in [2.24, 2.45) is 0 Å². The summed E-state index contributed by atoms with van der Waals surface area (Å²) in [6, 6.07) is 9.15. The van der Waals surface area contributed by atoms with Crippen LogP contribution in [0.15, 0.2) is 47.4 Å². The summed E-state index contributed by atoms with van der Waals surface area (Å²) in [4.78, 5) is 48.5. The SMILES string of the molecule is CC(=O)c1cccc(NC(=O)COC(=O)c2ccc[nH]c2=O)c1. The van der Waals surface area contributed by atoms with Crippen LogP contribution in [0.2, 0.25) is 0 Å². The Hall–Kier alpha value is -3.22. The van der Waals surface area contributed by atoms with Gasteiger partial charge in [0.1, 0.15) is 5.56 Å². The maximum Gasteiger partial charge on any atom is 0.344 e. The van der Waals surface area contributed by atoms with E-state index in [2.05, 4.69) is 10.3 Å². The summed E-state index contributed by atoms with van der Waals surface area (Å²) in [6.07, 6.45) is 1.38. The Balaban J connectivity index is 1.94. The second-order valence-corrected chi connectivity index (χ2v) is 4.67. The molecule has 1 amide bonds. The highest BCUT2D eigenvalue weighted by Crippen LogP contribution is 2.11. The van der Waals surface area contributed by atoms with Gasteiger partial charge in [0.05, 0.1) is 0 Å². The third kappa shape index (κ3) is 4.37. The largest absolute Gasteiger partial charge is 0.452 e. The number of benzene rings is 1. The van der Waals surface area contributed by atoms with Crippen LogP contribution in [0.5, 0.6) is 0 Å². The number of pyridine rings is 1. The smallest absolute Gasteiger partial charge is 0.344 e. The van der Waals surface area contributed by atoms with Crippen LogP contribution in [-0.4, -0.2) is 29.3 Å². The Kier molecular flexibility index (Phi) is 5.03. The van der Waals surface area contributed by atoms with Gasteiger partial charge in [-0.05, 0) is 31.2 Å². The molecule has 0 radical (unpaired) electrons. The Morgan fingerprint density at radius 1 is 1.17 bits per heavy atom. The number of hydrogen-bond donors (Lipinski definition) is 2. The van der Waals surface area contributed by atoms with Crippen molar-refractivity contribution in [2.45, 2.75) is 6.92 Å². The molecule has 0 atom stereocenters. The van der Waals surface area contributed by atoms with Crippen molar-refractivity contribution in [2.75, 3.05) is 11.9 Å². The summed E-state index contributed by atoms with van der Waals surface area (Å²) in [7, 11) is 0. The molecule has 1 aromatic heterocycles. The highest BCUT2D eigenvalue weighted by molar-refractivity contribution is 5.98. The van der Waals surface area contributed by atoms with Crippen molar-refractivity contribution in [3.63, 3.8) is 0 Å². The lowest BCUT2D eigenvalue weighted by Crippen LogP contribution is -2.24. The van der Waals surface area contributed by atoms with Gasteiger partial charge in [0.25, 0.3) is 11.5 Å². The first-order valence-electron chi connectivity index (χ1n) is 6.73. The summed E-state index contributed by atoms with van der Waals surface area (Å²) >= 11 is 0. The predicted molar refractivity (Wildman–Crippen MR) is 82.4 cm³/mol. The maximum atomic E-state index is 11.8. The monoisotopic (exact) mass is 314 g/mol. The number of nitrogens with one attached hydrogen (secondary N) is 2. The van der Waals surface area contributed by atoms with E-state index in [0.29, 0.717) is 11.3 Å². The van der Waals surface area contributed by atoms with Gasteiger partial charge in [0.15, 0.2) is 12.4 Å².